The molecule has 0 aromatic carbocycles. The molecule has 1 saturated carbocycles. The molecule has 1 fully saturated rings. The normalized spacial score (nSPS) is 15.8. The molecule has 1 rings (SSSR count). The number of carbonyl (C=O) groups excluding carboxylic acids is 2. The van der Waals surface area contributed by atoms with Crippen LogP contribution in [0.2, 0.25) is 0 Å². The summed E-state index contributed by atoms with van der Waals surface area (Å²) in [4.78, 5) is 20.0. The van der Waals surface area contributed by atoms with Crippen molar-refractivity contribution >= 4 is 12.6 Å². The smallest absolute Gasteiger partial charge is 0.123 e. The Morgan fingerprint density at radius 3 is 2.06 bits per heavy atom. The number of hydrogen-bond donors (Lipinski definition) is 0. The van der Waals surface area contributed by atoms with E-state index in [-0.39, 0.29) is 0 Å². The highest BCUT2D eigenvalue weighted by Crippen LogP contribution is 2.21. The molecule has 1 aliphatic rings. The van der Waals surface area contributed by atoms with Gasteiger partial charge in [0.25, 0.3) is 0 Å². The summed E-state index contributed by atoms with van der Waals surface area (Å²) in [6.07, 6.45) is 15.2. The summed E-state index contributed by atoms with van der Waals surface area (Å²) >= 11 is 0. The first kappa shape index (κ1) is 16.3. The lowest BCUT2D eigenvalue weighted by Crippen LogP contribution is -2.06. The average molecular weight is 240 g/mol. The molecule has 17 heavy (non-hydrogen) atoms. The van der Waals surface area contributed by atoms with Crippen molar-refractivity contribution in [2.45, 2.75) is 77.6 Å². The van der Waals surface area contributed by atoms with E-state index in [0.717, 1.165) is 38.3 Å². The molecule has 0 aliphatic heterocycles. The van der Waals surface area contributed by atoms with Gasteiger partial charge in [0.1, 0.15) is 12.6 Å². The van der Waals surface area contributed by atoms with E-state index in [1.54, 1.807) is 0 Å². The zero-order valence-corrected chi connectivity index (χ0v) is 11.3. The molecule has 0 atom stereocenters. The predicted molar refractivity (Wildman–Crippen MR) is 72.1 cm³/mol. The summed E-state index contributed by atoms with van der Waals surface area (Å²) in [6, 6.07) is 0. The van der Waals surface area contributed by atoms with Crippen molar-refractivity contribution in [3.8, 4) is 0 Å². The third-order valence-electron chi connectivity index (χ3n) is 3.27. The Bertz CT molecular complexity index is 172. The van der Waals surface area contributed by atoms with E-state index in [1.807, 2.05) is 0 Å². The largest absolute Gasteiger partial charge is 0.303 e. The lowest BCUT2D eigenvalue weighted by molar-refractivity contribution is -0.112. The van der Waals surface area contributed by atoms with Crippen molar-refractivity contribution in [1.29, 1.82) is 0 Å². The van der Waals surface area contributed by atoms with Gasteiger partial charge in [-0.2, -0.15) is 0 Å². The third-order valence-corrected chi connectivity index (χ3v) is 3.27. The number of rotatable bonds is 7. The molecule has 0 heterocycles. The minimum absolute atomic E-state index is 0.406. The Morgan fingerprint density at radius 1 is 0.941 bits per heavy atom. The SMILES string of the molecule is CCCCCCCC=O.O=CC1CCCCC1. The van der Waals surface area contributed by atoms with Crippen LogP contribution in [-0.4, -0.2) is 12.6 Å². The van der Waals surface area contributed by atoms with Crippen LogP contribution >= 0.6 is 0 Å². The molecule has 0 amide bonds. The van der Waals surface area contributed by atoms with E-state index in [9.17, 15) is 9.59 Å². The monoisotopic (exact) mass is 240 g/mol. The number of carbonyl (C=O) groups is 2. The van der Waals surface area contributed by atoms with E-state index in [2.05, 4.69) is 6.92 Å². The molecule has 2 nitrogen and oxygen atoms in total. The summed E-state index contributed by atoms with van der Waals surface area (Å²) in [7, 11) is 0. The van der Waals surface area contributed by atoms with Gasteiger partial charge in [-0.05, 0) is 19.3 Å². The first-order valence-electron chi connectivity index (χ1n) is 7.24. The number of aldehydes is 2. The molecular weight excluding hydrogens is 212 g/mol. The van der Waals surface area contributed by atoms with Crippen molar-refractivity contribution in [2.24, 2.45) is 5.92 Å². The Labute approximate surface area is 106 Å². The summed E-state index contributed by atoms with van der Waals surface area (Å²) in [6.45, 7) is 2.19. The van der Waals surface area contributed by atoms with Gasteiger partial charge in [0.05, 0.1) is 0 Å². The number of unbranched alkanes of at least 4 members (excludes halogenated alkanes) is 5. The molecule has 1 aliphatic carbocycles. The van der Waals surface area contributed by atoms with Crippen LogP contribution in [-0.2, 0) is 9.59 Å². The van der Waals surface area contributed by atoms with E-state index in [1.165, 1.54) is 44.9 Å². The standard InChI is InChI=1S/C8H16O.C7H12O/c1-2-3-4-5-6-7-8-9;8-6-7-4-2-1-3-5-7/h8H,2-7H2,1H3;6-7H,1-5H2. The minimum Gasteiger partial charge on any atom is -0.303 e. The summed E-state index contributed by atoms with van der Waals surface area (Å²) in [5, 5.41) is 0. The summed E-state index contributed by atoms with van der Waals surface area (Å²) in [5.41, 5.74) is 0. The van der Waals surface area contributed by atoms with Crippen LogP contribution in [0, 0.1) is 5.92 Å². The third kappa shape index (κ3) is 11.6. The molecular formula is C15H28O2. The topological polar surface area (TPSA) is 34.1 Å². The first-order valence-corrected chi connectivity index (χ1v) is 7.24. The second-order valence-electron chi connectivity index (χ2n) is 4.90. The van der Waals surface area contributed by atoms with Crippen LogP contribution < -0.4 is 0 Å². The van der Waals surface area contributed by atoms with Gasteiger partial charge < -0.3 is 9.59 Å². The Hall–Kier alpha value is -0.660. The van der Waals surface area contributed by atoms with Crippen LogP contribution in [0.15, 0.2) is 0 Å². The predicted octanol–water partition coefficient (Wildman–Crippen LogP) is 4.31. The maximum atomic E-state index is 10.2. The molecule has 2 heteroatoms. The maximum Gasteiger partial charge on any atom is 0.123 e. The van der Waals surface area contributed by atoms with Crippen LogP contribution in [0.1, 0.15) is 77.6 Å². The van der Waals surface area contributed by atoms with E-state index in [0.29, 0.717) is 5.92 Å². The van der Waals surface area contributed by atoms with Gasteiger partial charge in [-0.15, -0.1) is 0 Å². The minimum atomic E-state index is 0.406. The van der Waals surface area contributed by atoms with Crippen molar-refractivity contribution < 1.29 is 9.59 Å². The molecule has 0 aromatic rings. The summed E-state index contributed by atoms with van der Waals surface area (Å²) in [5.74, 6) is 0.406. The Balaban J connectivity index is 0.000000302. The second kappa shape index (κ2) is 13.4. The molecule has 0 radical (unpaired) electrons. The van der Waals surface area contributed by atoms with Crippen molar-refractivity contribution in [1.82, 2.24) is 0 Å². The van der Waals surface area contributed by atoms with Gasteiger partial charge in [-0.1, -0.05) is 51.9 Å². The number of hydrogen-bond acceptors (Lipinski definition) is 2. The first-order chi connectivity index (χ1) is 8.35. The maximum absolute atomic E-state index is 10.2. The second-order valence-corrected chi connectivity index (χ2v) is 4.90. The lowest BCUT2D eigenvalue weighted by Gasteiger charge is -2.14. The molecule has 0 bridgehead atoms. The highest BCUT2D eigenvalue weighted by Gasteiger charge is 2.10. The molecule has 0 spiro atoms. The zero-order chi connectivity index (χ0) is 12.8. The molecule has 0 unspecified atom stereocenters. The van der Waals surface area contributed by atoms with E-state index >= 15 is 0 Å². The zero-order valence-electron chi connectivity index (χ0n) is 11.3. The fourth-order valence-corrected chi connectivity index (χ4v) is 2.10. The van der Waals surface area contributed by atoms with Crippen LogP contribution in [0.5, 0.6) is 0 Å². The molecule has 0 saturated heterocycles. The van der Waals surface area contributed by atoms with Crippen molar-refractivity contribution in [3.05, 3.63) is 0 Å². The van der Waals surface area contributed by atoms with Gasteiger partial charge in [-0.3, -0.25) is 0 Å². The van der Waals surface area contributed by atoms with Gasteiger partial charge in [0.15, 0.2) is 0 Å². The molecule has 0 N–H and O–H groups in total. The fourth-order valence-electron chi connectivity index (χ4n) is 2.10. The molecule has 0 aromatic heterocycles. The van der Waals surface area contributed by atoms with Crippen molar-refractivity contribution in [3.63, 3.8) is 0 Å². The van der Waals surface area contributed by atoms with Crippen molar-refractivity contribution in [2.75, 3.05) is 0 Å². The molecule has 100 valence electrons. The van der Waals surface area contributed by atoms with Gasteiger partial charge in [0, 0.05) is 12.3 Å². The van der Waals surface area contributed by atoms with Crippen LogP contribution in [0.25, 0.3) is 0 Å². The average Bonchev–Trinajstić information content (AvgIpc) is 2.40. The highest BCUT2D eigenvalue weighted by atomic mass is 16.1. The van der Waals surface area contributed by atoms with Crippen LogP contribution in [0.3, 0.4) is 0 Å². The summed E-state index contributed by atoms with van der Waals surface area (Å²) < 4.78 is 0. The quantitative estimate of drug-likeness (QED) is 0.491. The van der Waals surface area contributed by atoms with Gasteiger partial charge in [0.2, 0.25) is 0 Å². The van der Waals surface area contributed by atoms with Crippen LogP contribution in [0.4, 0.5) is 0 Å². The fraction of sp³-hybridized carbons (Fsp3) is 0.867. The Morgan fingerprint density at radius 2 is 1.59 bits per heavy atom. The van der Waals surface area contributed by atoms with Gasteiger partial charge in [-0.25, -0.2) is 0 Å². The highest BCUT2D eigenvalue weighted by molar-refractivity contribution is 5.53. The van der Waals surface area contributed by atoms with E-state index in [4.69, 9.17) is 0 Å². The van der Waals surface area contributed by atoms with Gasteiger partial charge >= 0.3 is 0 Å². The lowest BCUT2D eigenvalue weighted by atomic mass is 9.91. The van der Waals surface area contributed by atoms with E-state index < -0.39 is 0 Å². The Kier molecular flexibility index (Phi) is 12.9.